The molecule has 1 unspecified atom stereocenters. The van der Waals surface area contributed by atoms with E-state index in [1.165, 1.54) is 26.1 Å². The molecular weight excluding hydrogens is 462 g/mol. The maximum Gasteiger partial charge on any atom is 0.244 e. The monoisotopic (exact) mass is 483 g/mol. The molecule has 7 heteroatoms. The molecule has 3 aromatic rings. The van der Waals surface area contributed by atoms with E-state index in [1.54, 1.807) is 4.90 Å². The Morgan fingerprint density at radius 2 is 1.87 bits per heavy atom. The number of nitrogens with zero attached hydrogens (tertiary/aromatic N) is 2. The molecule has 1 atom stereocenters. The molecule has 2 aliphatic rings. The number of benzene rings is 2. The lowest BCUT2D eigenvalue weighted by Gasteiger charge is -2.43. The number of halogens is 1. The van der Waals surface area contributed by atoms with Crippen LogP contribution in [0.15, 0.2) is 53.0 Å². The Hall–Kier alpha value is -2.22. The summed E-state index contributed by atoms with van der Waals surface area (Å²) in [7, 11) is 0. The summed E-state index contributed by atoms with van der Waals surface area (Å²) in [6, 6.07) is 16.7. The SMILES string of the molecule is O=C1NCC(=O)N2CCN(Cc3c(Cc4ccc(Br)cc4)sc4ccccc34)CC12. The van der Waals surface area contributed by atoms with Crippen LogP contribution >= 0.6 is 27.3 Å². The van der Waals surface area contributed by atoms with Crippen molar-refractivity contribution in [3.63, 3.8) is 0 Å². The molecule has 3 heterocycles. The number of nitrogens with one attached hydrogen (secondary N) is 1. The summed E-state index contributed by atoms with van der Waals surface area (Å²) in [6.07, 6.45) is 0.893. The quantitative estimate of drug-likeness (QED) is 0.618. The highest BCUT2D eigenvalue weighted by Crippen LogP contribution is 2.34. The van der Waals surface area contributed by atoms with Gasteiger partial charge in [-0.25, -0.2) is 0 Å². The molecule has 2 aliphatic heterocycles. The molecule has 2 aromatic carbocycles. The largest absolute Gasteiger partial charge is 0.345 e. The molecule has 2 saturated heterocycles. The third kappa shape index (κ3) is 3.77. The first kappa shape index (κ1) is 19.7. The smallest absolute Gasteiger partial charge is 0.244 e. The maximum atomic E-state index is 12.3. The topological polar surface area (TPSA) is 52.7 Å². The van der Waals surface area contributed by atoms with Crippen molar-refractivity contribution < 1.29 is 9.59 Å². The summed E-state index contributed by atoms with van der Waals surface area (Å²) in [5.74, 6) is -0.0132. The Morgan fingerprint density at radius 1 is 1.07 bits per heavy atom. The molecule has 0 aliphatic carbocycles. The molecule has 1 N–H and O–H groups in total. The second-order valence-corrected chi connectivity index (χ2v) is 9.91. The molecule has 1 aromatic heterocycles. The normalized spacial score (nSPS) is 19.8. The van der Waals surface area contributed by atoms with E-state index >= 15 is 0 Å². The van der Waals surface area contributed by atoms with E-state index in [0.717, 1.165) is 24.0 Å². The first-order chi connectivity index (χ1) is 14.6. The van der Waals surface area contributed by atoms with Crippen LogP contribution in [0.2, 0.25) is 0 Å². The van der Waals surface area contributed by atoms with Gasteiger partial charge in [0.25, 0.3) is 0 Å². The molecule has 2 fully saturated rings. The van der Waals surface area contributed by atoms with E-state index in [-0.39, 0.29) is 24.4 Å². The van der Waals surface area contributed by atoms with Crippen LogP contribution in [0.3, 0.4) is 0 Å². The second kappa shape index (κ2) is 8.13. The number of hydrogen-bond acceptors (Lipinski definition) is 4. The summed E-state index contributed by atoms with van der Waals surface area (Å²) in [5.41, 5.74) is 2.63. The number of hydrogen-bond donors (Lipinski definition) is 1. The lowest BCUT2D eigenvalue weighted by molar-refractivity contribution is -0.149. The maximum absolute atomic E-state index is 12.3. The summed E-state index contributed by atoms with van der Waals surface area (Å²) in [4.78, 5) is 29.9. The molecular formula is C23H22BrN3O2S. The molecule has 5 nitrogen and oxygen atoms in total. The van der Waals surface area contributed by atoms with Crippen LogP contribution in [0.4, 0.5) is 0 Å². The van der Waals surface area contributed by atoms with Gasteiger partial charge in [-0.3, -0.25) is 14.5 Å². The zero-order valence-corrected chi connectivity index (χ0v) is 18.8. The number of rotatable bonds is 4. The van der Waals surface area contributed by atoms with Crippen molar-refractivity contribution >= 4 is 49.2 Å². The first-order valence-corrected chi connectivity index (χ1v) is 11.7. The molecule has 0 saturated carbocycles. The van der Waals surface area contributed by atoms with Crippen LogP contribution in [0.25, 0.3) is 10.1 Å². The number of carbonyl (C=O) groups is 2. The van der Waals surface area contributed by atoms with Crippen molar-refractivity contribution in [2.24, 2.45) is 0 Å². The van der Waals surface area contributed by atoms with Crippen molar-refractivity contribution in [2.75, 3.05) is 26.2 Å². The van der Waals surface area contributed by atoms with Gasteiger partial charge in [0.2, 0.25) is 11.8 Å². The molecule has 30 heavy (non-hydrogen) atoms. The lowest BCUT2D eigenvalue weighted by Crippen LogP contribution is -2.65. The average Bonchev–Trinajstić information content (AvgIpc) is 3.09. The molecule has 0 spiro atoms. The number of thiophene rings is 1. The van der Waals surface area contributed by atoms with E-state index in [1.807, 2.05) is 11.3 Å². The van der Waals surface area contributed by atoms with Crippen LogP contribution in [0, 0.1) is 0 Å². The van der Waals surface area contributed by atoms with Gasteiger partial charge in [0.05, 0.1) is 6.54 Å². The predicted molar refractivity (Wildman–Crippen MR) is 123 cm³/mol. The second-order valence-electron chi connectivity index (χ2n) is 7.86. The molecule has 0 radical (unpaired) electrons. The molecule has 0 bridgehead atoms. The zero-order chi connectivity index (χ0) is 20.7. The Balaban J connectivity index is 1.43. The minimum Gasteiger partial charge on any atom is -0.345 e. The van der Waals surface area contributed by atoms with Gasteiger partial charge in [0.1, 0.15) is 6.04 Å². The fraction of sp³-hybridized carbons (Fsp3) is 0.304. The standard InChI is InChI=1S/C23H22BrN3O2S/c24-16-7-5-15(6-8-16)11-21-18(17-3-1-2-4-20(17)30-21)13-26-9-10-27-19(14-26)23(29)25-12-22(27)28/h1-8,19H,9-14H2,(H,25,29). The van der Waals surface area contributed by atoms with Gasteiger partial charge in [-0.05, 0) is 34.7 Å². The van der Waals surface area contributed by atoms with Crippen LogP contribution < -0.4 is 5.32 Å². The molecule has 154 valence electrons. The van der Waals surface area contributed by atoms with Gasteiger partial charge in [-0.1, -0.05) is 46.3 Å². The highest BCUT2D eigenvalue weighted by Gasteiger charge is 2.38. The number of carbonyl (C=O) groups excluding carboxylic acids is 2. The van der Waals surface area contributed by atoms with Crippen LogP contribution in [0.5, 0.6) is 0 Å². The Kier molecular flexibility index (Phi) is 5.35. The van der Waals surface area contributed by atoms with E-state index in [4.69, 9.17) is 0 Å². The number of fused-ring (bicyclic) bond motifs is 2. The van der Waals surface area contributed by atoms with Crippen LogP contribution in [0.1, 0.15) is 16.0 Å². The van der Waals surface area contributed by atoms with Crippen molar-refractivity contribution in [2.45, 2.75) is 19.0 Å². The Bertz CT molecular complexity index is 1110. The zero-order valence-electron chi connectivity index (χ0n) is 16.4. The summed E-state index contributed by atoms with van der Waals surface area (Å²) in [5, 5.41) is 4.02. The van der Waals surface area contributed by atoms with Gasteiger partial charge in [-0.15, -0.1) is 11.3 Å². The van der Waals surface area contributed by atoms with Gasteiger partial charge in [0.15, 0.2) is 0 Å². The first-order valence-electron chi connectivity index (χ1n) is 10.1. The minimum atomic E-state index is -0.375. The summed E-state index contributed by atoms with van der Waals surface area (Å²) in [6.45, 7) is 2.90. The third-order valence-corrected chi connectivity index (χ3v) is 7.68. The van der Waals surface area contributed by atoms with Gasteiger partial charge >= 0.3 is 0 Å². The molecule has 2 amide bonds. The van der Waals surface area contributed by atoms with Gasteiger partial charge in [-0.2, -0.15) is 0 Å². The highest BCUT2D eigenvalue weighted by atomic mass is 79.9. The average molecular weight is 484 g/mol. The fourth-order valence-electron chi connectivity index (χ4n) is 4.36. The minimum absolute atomic E-state index is 0.0242. The highest BCUT2D eigenvalue weighted by molar-refractivity contribution is 9.10. The number of amides is 2. The Labute approximate surface area is 187 Å². The number of piperazine rings is 2. The van der Waals surface area contributed by atoms with E-state index in [0.29, 0.717) is 13.1 Å². The van der Waals surface area contributed by atoms with Crippen molar-refractivity contribution in [3.8, 4) is 0 Å². The third-order valence-electron chi connectivity index (χ3n) is 5.94. The van der Waals surface area contributed by atoms with Gasteiger partial charge in [0, 0.05) is 46.6 Å². The van der Waals surface area contributed by atoms with Crippen molar-refractivity contribution in [1.82, 2.24) is 15.1 Å². The van der Waals surface area contributed by atoms with Crippen molar-refractivity contribution in [3.05, 3.63) is 69.0 Å². The van der Waals surface area contributed by atoms with Crippen LogP contribution in [-0.4, -0.2) is 53.8 Å². The van der Waals surface area contributed by atoms with Crippen LogP contribution in [-0.2, 0) is 22.6 Å². The Morgan fingerprint density at radius 3 is 2.70 bits per heavy atom. The van der Waals surface area contributed by atoms with Gasteiger partial charge < -0.3 is 10.2 Å². The predicted octanol–water partition coefficient (Wildman–Crippen LogP) is 3.40. The van der Waals surface area contributed by atoms with E-state index in [9.17, 15) is 9.59 Å². The molecule has 5 rings (SSSR count). The van der Waals surface area contributed by atoms with Crippen molar-refractivity contribution in [1.29, 1.82) is 0 Å². The fourth-order valence-corrected chi connectivity index (χ4v) is 5.88. The van der Waals surface area contributed by atoms with E-state index in [2.05, 4.69) is 74.7 Å². The summed E-state index contributed by atoms with van der Waals surface area (Å²) < 4.78 is 2.38. The lowest BCUT2D eigenvalue weighted by atomic mass is 10.0. The summed E-state index contributed by atoms with van der Waals surface area (Å²) >= 11 is 5.36. The van der Waals surface area contributed by atoms with E-state index < -0.39 is 0 Å².